The van der Waals surface area contributed by atoms with Crippen LogP contribution in [0.15, 0.2) is 33.5 Å². The van der Waals surface area contributed by atoms with Crippen molar-refractivity contribution >= 4 is 37.7 Å². The Bertz CT molecular complexity index is 844. The highest BCUT2D eigenvalue weighted by Gasteiger charge is 2.18. The van der Waals surface area contributed by atoms with Crippen LogP contribution in [0.1, 0.15) is 0 Å². The topological polar surface area (TPSA) is 92.9 Å². The Morgan fingerprint density at radius 3 is 2.94 bits per heavy atom. The van der Waals surface area contributed by atoms with E-state index < -0.39 is 11.4 Å². The van der Waals surface area contributed by atoms with Crippen LogP contribution in [0, 0.1) is 5.21 Å². The van der Waals surface area contributed by atoms with Crippen molar-refractivity contribution in [3.05, 3.63) is 44.3 Å². The van der Waals surface area contributed by atoms with E-state index in [1.807, 2.05) is 0 Å². The first-order chi connectivity index (χ1) is 8.58. The maximum atomic E-state index is 12.1. The zero-order chi connectivity index (χ0) is 12.9. The molecule has 18 heavy (non-hydrogen) atoms. The minimum Gasteiger partial charge on any atom is -0.618 e. The van der Waals surface area contributed by atoms with Crippen LogP contribution in [0.4, 0.5) is 0 Å². The van der Waals surface area contributed by atoms with E-state index in [9.17, 15) is 15.1 Å². The summed E-state index contributed by atoms with van der Waals surface area (Å²) in [6, 6.07) is 6.58. The molecule has 90 valence electrons. The van der Waals surface area contributed by atoms with Crippen molar-refractivity contribution in [1.82, 2.24) is 10.2 Å². The van der Waals surface area contributed by atoms with E-state index in [0.717, 1.165) is 4.47 Å². The number of rotatable bonds is 0. The van der Waals surface area contributed by atoms with E-state index in [1.54, 1.807) is 24.3 Å². The van der Waals surface area contributed by atoms with E-state index in [4.69, 9.17) is 0 Å². The standard InChI is InChI=1S/C11H6BrN3O3/c12-6-1-2-8-5(3-6)4-7-9(15(8)18)11(17)14-13-10(7)16/h1-4H,(H,13,16)(H,14,17). The second-order valence-electron chi connectivity index (χ2n) is 3.78. The molecular weight excluding hydrogens is 302 g/mol. The van der Waals surface area contributed by atoms with Gasteiger partial charge in [0.1, 0.15) is 5.39 Å². The highest BCUT2D eigenvalue weighted by atomic mass is 79.9. The number of halogens is 1. The number of aromatic amines is 1. The molecule has 1 aromatic carbocycles. The van der Waals surface area contributed by atoms with Gasteiger partial charge in [0, 0.05) is 15.9 Å². The van der Waals surface area contributed by atoms with Crippen molar-refractivity contribution in [3.8, 4) is 5.88 Å². The fourth-order valence-corrected chi connectivity index (χ4v) is 2.26. The third-order valence-corrected chi connectivity index (χ3v) is 3.18. The minimum atomic E-state index is -0.519. The molecule has 0 saturated carbocycles. The van der Waals surface area contributed by atoms with Crippen LogP contribution in [0.3, 0.4) is 0 Å². The van der Waals surface area contributed by atoms with E-state index in [-0.39, 0.29) is 10.9 Å². The predicted molar refractivity (Wildman–Crippen MR) is 68.2 cm³/mol. The van der Waals surface area contributed by atoms with Gasteiger partial charge in [-0.1, -0.05) is 15.9 Å². The Morgan fingerprint density at radius 2 is 2.17 bits per heavy atom. The van der Waals surface area contributed by atoms with Gasteiger partial charge in [-0.05, 0) is 18.2 Å². The summed E-state index contributed by atoms with van der Waals surface area (Å²) >= 11 is 3.30. The van der Waals surface area contributed by atoms with Crippen molar-refractivity contribution in [2.45, 2.75) is 0 Å². The summed E-state index contributed by atoms with van der Waals surface area (Å²) in [5.74, 6) is -0.496. The molecule has 2 N–H and O–H groups in total. The molecule has 6 nitrogen and oxygen atoms in total. The van der Waals surface area contributed by atoms with Gasteiger partial charge in [0.15, 0.2) is 0 Å². The van der Waals surface area contributed by atoms with E-state index in [1.165, 1.54) is 0 Å². The van der Waals surface area contributed by atoms with Crippen molar-refractivity contribution in [1.29, 1.82) is 0 Å². The number of nitrogens with zero attached hydrogens (tertiary/aromatic N) is 2. The highest BCUT2D eigenvalue weighted by molar-refractivity contribution is 9.10. The van der Waals surface area contributed by atoms with Gasteiger partial charge in [-0.15, -0.1) is 5.10 Å². The summed E-state index contributed by atoms with van der Waals surface area (Å²) in [5, 5.41) is 27.9. The summed E-state index contributed by atoms with van der Waals surface area (Å²) in [5.41, 5.74) is -0.295. The quantitative estimate of drug-likeness (QED) is 0.370. The smallest absolute Gasteiger partial charge is 0.304 e. The molecular formula is C11H6BrN3O3. The number of fused-ring (bicyclic) bond motifs is 2. The number of aromatic nitrogens is 3. The zero-order valence-corrected chi connectivity index (χ0v) is 10.4. The highest BCUT2D eigenvalue weighted by Crippen LogP contribution is 2.22. The van der Waals surface area contributed by atoms with Gasteiger partial charge in [-0.3, -0.25) is 4.79 Å². The number of H-pyrrole nitrogens is 1. The van der Waals surface area contributed by atoms with E-state index in [2.05, 4.69) is 26.1 Å². The van der Waals surface area contributed by atoms with Gasteiger partial charge in [0.05, 0.1) is 0 Å². The van der Waals surface area contributed by atoms with Crippen molar-refractivity contribution in [3.63, 3.8) is 0 Å². The molecule has 0 fully saturated rings. The fraction of sp³-hybridized carbons (Fsp3) is 0. The molecule has 2 aromatic heterocycles. The molecule has 0 radical (unpaired) electrons. The lowest BCUT2D eigenvalue weighted by atomic mass is 10.1. The molecule has 0 aliphatic rings. The number of benzene rings is 1. The van der Waals surface area contributed by atoms with Crippen LogP contribution in [0.5, 0.6) is 5.88 Å². The van der Waals surface area contributed by atoms with Gasteiger partial charge in [0.25, 0.3) is 11.1 Å². The van der Waals surface area contributed by atoms with E-state index >= 15 is 0 Å². The van der Waals surface area contributed by atoms with Crippen LogP contribution < -0.4 is 10.3 Å². The van der Waals surface area contributed by atoms with Crippen LogP contribution in [-0.2, 0) is 0 Å². The molecule has 0 bridgehead atoms. The van der Waals surface area contributed by atoms with Crippen molar-refractivity contribution in [2.24, 2.45) is 0 Å². The molecule has 0 saturated heterocycles. The average Bonchev–Trinajstić information content (AvgIpc) is 2.33. The lowest BCUT2D eigenvalue weighted by Gasteiger charge is -2.06. The lowest BCUT2D eigenvalue weighted by molar-refractivity contribution is -0.548. The second-order valence-corrected chi connectivity index (χ2v) is 4.70. The molecule has 2 heterocycles. The molecule has 7 heteroatoms. The molecule has 0 atom stereocenters. The Hall–Kier alpha value is -2.15. The predicted octanol–water partition coefficient (Wildman–Crippen LogP) is 1.18. The number of nitrogens with one attached hydrogen (secondary N) is 1. The lowest BCUT2D eigenvalue weighted by Crippen LogP contribution is -2.30. The number of hydrogen-bond donors (Lipinski definition) is 2. The van der Waals surface area contributed by atoms with Gasteiger partial charge >= 0.3 is 5.88 Å². The van der Waals surface area contributed by atoms with Crippen molar-refractivity contribution < 1.29 is 9.84 Å². The zero-order valence-electron chi connectivity index (χ0n) is 8.85. The maximum Gasteiger partial charge on any atom is 0.304 e. The Balaban J connectivity index is 2.65. The molecule has 0 unspecified atom stereocenters. The van der Waals surface area contributed by atoms with Crippen LogP contribution >= 0.6 is 15.9 Å². The SMILES string of the molecule is O=c1[nH]nc(O)c2c1cc1cc(Br)ccc1[n+]2[O-]. The Morgan fingerprint density at radius 1 is 1.39 bits per heavy atom. The summed E-state index contributed by atoms with van der Waals surface area (Å²) in [6.45, 7) is 0. The summed E-state index contributed by atoms with van der Waals surface area (Å²) in [6.07, 6.45) is 0. The normalized spacial score (nSPS) is 11.2. The molecule has 3 aromatic rings. The Kier molecular flexibility index (Phi) is 2.24. The molecule has 0 aliphatic carbocycles. The maximum absolute atomic E-state index is 12.1. The first-order valence-electron chi connectivity index (χ1n) is 5.01. The largest absolute Gasteiger partial charge is 0.618 e. The summed E-state index contributed by atoms with van der Waals surface area (Å²) in [4.78, 5) is 11.6. The molecule has 0 spiro atoms. The first kappa shape index (κ1) is 11.0. The fourth-order valence-electron chi connectivity index (χ4n) is 1.88. The third kappa shape index (κ3) is 1.44. The first-order valence-corrected chi connectivity index (χ1v) is 5.80. The average molecular weight is 308 g/mol. The summed E-state index contributed by atoms with van der Waals surface area (Å²) < 4.78 is 1.30. The monoisotopic (exact) mass is 307 g/mol. The third-order valence-electron chi connectivity index (χ3n) is 2.69. The summed E-state index contributed by atoms with van der Waals surface area (Å²) in [7, 11) is 0. The van der Waals surface area contributed by atoms with Crippen molar-refractivity contribution in [2.75, 3.05) is 0 Å². The second kappa shape index (κ2) is 3.67. The number of aromatic hydroxyl groups is 1. The number of pyridine rings is 1. The Labute approximate surface area is 108 Å². The van der Waals surface area contributed by atoms with Crippen LogP contribution in [0.2, 0.25) is 0 Å². The van der Waals surface area contributed by atoms with Gasteiger partial charge in [-0.2, -0.15) is 4.73 Å². The minimum absolute atomic E-state index is 0.100. The molecule has 0 amide bonds. The van der Waals surface area contributed by atoms with Gasteiger partial charge < -0.3 is 10.3 Å². The van der Waals surface area contributed by atoms with E-state index in [0.29, 0.717) is 15.6 Å². The van der Waals surface area contributed by atoms with Gasteiger partial charge in [-0.25, -0.2) is 5.10 Å². The molecule has 0 aliphatic heterocycles. The van der Waals surface area contributed by atoms with Crippen LogP contribution in [-0.4, -0.2) is 15.3 Å². The van der Waals surface area contributed by atoms with Gasteiger partial charge in [0.2, 0.25) is 5.52 Å². The van der Waals surface area contributed by atoms with Crippen LogP contribution in [0.25, 0.3) is 21.8 Å². The number of hydrogen-bond acceptors (Lipinski definition) is 4. The molecule has 3 rings (SSSR count).